The van der Waals surface area contributed by atoms with E-state index in [1.165, 1.54) is 12.8 Å². The summed E-state index contributed by atoms with van der Waals surface area (Å²) >= 11 is 0. The fourth-order valence-electron chi connectivity index (χ4n) is 1.99. The van der Waals surface area contributed by atoms with Crippen LogP contribution in [0.3, 0.4) is 0 Å². The van der Waals surface area contributed by atoms with Crippen LogP contribution in [-0.2, 0) is 0 Å². The van der Waals surface area contributed by atoms with E-state index >= 15 is 0 Å². The van der Waals surface area contributed by atoms with Crippen LogP contribution in [0.4, 0.5) is 0 Å². The van der Waals surface area contributed by atoms with Gasteiger partial charge in [0, 0.05) is 12.1 Å². The molecule has 0 aromatic carbocycles. The summed E-state index contributed by atoms with van der Waals surface area (Å²) in [5.74, 6) is 0. The van der Waals surface area contributed by atoms with Gasteiger partial charge in [0.15, 0.2) is 0 Å². The standard InChI is InChI=1S/C7H13N/c1-5-3-7(2)4-6(7)8-5/h5-6,8H,3-4H2,1-2H3/t5?,6?,7-/m1/s1. The molecule has 3 atom stereocenters. The monoisotopic (exact) mass is 111 g/mol. The van der Waals surface area contributed by atoms with Crippen LogP contribution >= 0.6 is 0 Å². The summed E-state index contributed by atoms with van der Waals surface area (Å²) < 4.78 is 0. The third-order valence-electron chi connectivity index (χ3n) is 2.61. The Morgan fingerprint density at radius 1 is 1.50 bits per heavy atom. The number of hydrogen-bond donors (Lipinski definition) is 1. The highest BCUT2D eigenvalue weighted by Gasteiger charge is 2.55. The van der Waals surface area contributed by atoms with Crippen molar-refractivity contribution < 1.29 is 0 Å². The molecule has 1 heterocycles. The molecule has 1 aliphatic heterocycles. The van der Waals surface area contributed by atoms with Gasteiger partial charge in [-0.05, 0) is 25.2 Å². The van der Waals surface area contributed by atoms with Crippen molar-refractivity contribution in [3.05, 3.63) is 0 Å². The van der Waals surface area contributed by atoms with Gasteiger partial charge in [-0.3, -0.25) is 0 Å². The Labute approximate surface area is 50.5 Å². The average molecular weight is 111 g/mol. The van der Waals surface area contributed by atoms with E-state index in [4.69, 9.17) is 0 Å². The lowest BCUT2D eigenvalue weighted by Gasteiger charge is -2.05. The van der Waals surface area contributed by atoms with E-state index in [0.29, 0.717) is 0 Å². The van der Waals surface area contributed by atoms with Gasteiger partial charge >= 0.3 is 0 Å². The predicted octanol–water partition coefficient (Wildman–Crippen LogP) is 1.15. The molecule has 2 unspecified atom stereocenters. The molecule has 1 saturated carbocycles. The smallest absolute Gasteiger partial charge is 0.0130 e. The first-order valence-corrected chi connectivity index (χ1v) is 3.47. The molecule has 8 heavy (non-hydrogen) atoms. The van der Waals surface area contributed by atoms with Crippen LogP contribution in [0, 0.1) is 5.41 Å². The molecule has 0 amide bonds. The quantitative estimate of drug-likeness (QED) is 0.494. The zero-order valence-electron chi connectivity index (χ0n) is 5.57. The molecule has 1 aliphatic carbocycles. The highest BCUT2D eigenvalue weighted by Crippen LogP contribution is 2.53. The summed E-state index contributed by atoms with van der Waals surface area (Å²) in [6, 6.07) is 1.68. The molecule has 2 aliphatic rings. The molecule has 0 radical (unpaired) electrons. The summed E-state index contributed by atoms with van der Waals surface area (Å²) in [6.07, 6.45) is 2.83. The Hall–Kier alpha value is -0.0400. The molecule has 1 saturated heterocycles. The minimum atomic E-state index is 0.722. The molecule has 2 rings (SSSR count). The van der Waals surface area contributed by atoms with E-state index in [0.717, 1.165) is 17.5 Å². The van der Waals surface area contributed by atoms with E-state index in [-0.39, 0.29) is 0 Å². The molecule has 0 bridgehead atoms. The van der Waals surface area contributed by atoms with Crippen molar-refractivity contribution in [2.24, 2.45) is 5.41 Å². The maximum Gasteiger partial charge on any atom is 0.0130 e. The van der Waals surface area contributed by atoms with Crippen LogP contribution in [0.1, 0.15) is 26.7 Å². The Balaban J connectivity index is 2.10. The van der Waals surface area contributed by atoms with Gasteiger partial charge in [0.1, 0.15) is 0 Å². The lowest BCUT2D eigenvalue weighted by atomic mass is 10.0. The van der Waals surface area contributed by atoms with Crippen LogP contribution < -0.4 is 5.32 Å². The van der Waals surface area contributed by atoms with Crippen molar-refractivity contribution in [1.82, 2.24) is 5.32 Å². The second-order valence-electron chi connectivity index (χ2n) is 3.68. The fraction of sp³-hybridized carbons (Fsp3) is 1.00. The zero-order chi connectivity index (χ0) is 5.78. The highest BCUT2D eigenvalue weighted by atomic mass is 15.1. The third kappa shape index (κ3) is 0.455. The maximum absolute atomic E-state index is 3.53. The van der Waals surface area contributed by atoms with Crippen LogP contribution in [0.15, 0.2) is 0 Å². The van der Waals surface area contributed by atoms with Gasteiger partial charge in [-0.2, -0.15) is 0 Å². The van der Waals surface area contributed by atoms with Gasteiger partial charge in [0.2, 0.25) is 0 Å². The van der Waals surface area contributed by atoms with Crippen molar-refractivity contribution in [2.75, 3.05) is 0 Å². The second kappa shape index (κ2) is 1.10. The summed E-state index contributed by atoms with van der Waals surface area (Å²) in [4.78, 5) is 0. The van der Waals surface area contributed by atoms with Crippen molar-refractivity contribution in [3.63, 3.8) is 0 Å². The highest BCUT2D eigenvalue weighted by molar-refractivity contribution is 5.11. The van der Waals surface area contributed by atoms with E-state index in [1.54, 1.807) is 0 Å². The number of piperidine rings is 1. The summed E-state index contributed by atoms with van der Waals surface area (Å²) in [7, 11) is 0. The maximum atomic E-state index is 3.53. The Morgan fingerprint density at radius 3 is 2.50 bits per heavy atom. The SMILES string of the molecule is CC1C[C@]2(C)CC2N1. The second-order valence-corrected chi connectivity index (χ2v) is 3.68. The van der Waals surface area contributed by atoms with Gasteiger partial charge < -0.3 is 5.32 Å². The van der Waals surface area contributed by atoms with Crippen molar-refractivity contribution in [1.29, 1.82) is 0 Å². The van der Waals surface area contributed by atoms with Crippen LogP contribution in [0.5, 0.6) is 0 Å². The van der Waals surface area contributed by atoms with Gasteiger partial charge in [0.05, 0.1) is 0 Å². The average Bonchev–Trinajstić information content (AvgIpc) is 2.07. The summed E-state index contributed by atoms with van der Waals surface area (Å²) in [5, 5.41) is 3.53. The van der Waals surface area contributed by atoms with Gasteiger partial charge in [-0.1, -0.05) is 6.92 Å². The molecule has 1 heteroatoms. The predicted molar refractivity (Wildman–Crippen MR) is 33.7 cm³/mol. The molecular weight excluding hydrogens is 98.1 g/mol. The fourth-order valence-corrected chi connectivity index (χ4v) is 1.99. The van der Waals surface area contributed by atoms with Gasteiger partial charge in [-0.25, -0.2) is 0 Å². The third-order valence-corrected chi connectivity index (χ3v) is 2.61. The first-order chi connectivity index (χ1) is 3.71. The lowest BCUT2D eigenvalue weighted by molar-refractivity contribution is 0.514. The number of fused-ring (bicyclic) bond motifs is 1. The largest absolute Gasteiger partial charge is 0.311 e. The molecular formula is C7H13N. The van der Waals surface area contributed by atoms with E-state index in [1.807, 2.05) is 0 Å². The summed E-state index contributed by atoms with van der Waals surface area (Å²) in [5.41, 5.74) is 0.722. The van der Waals surface area contributed by atoms with Crippen molar-refractivity contribution >= 4 is 0 Å². The Kier molecular flexibility index (Phi) is 0.663. The molecule has 2 fully saturated rings. The molecule has 0 aromatic rings. The van der Waals surface area contributed by atoms with Gasteiger partial charge in [-0.15, -0.1) is 0 Å². The number of rotatable bonds is 0. The van der Waals surface area contributed by atoms with Crippen LogP contribution in [0.2, 0.25) is 0 Å². The number of nitrogens with one attached hydrogen (secondary N) is 1. The zero-order valence-corrected chi connectivity index (χ0v) is 5.57. The Morgan fingerprint density at radius 2 is 2.25 bits per heavy atom. The molecule has 0 aromatic heterocycles. The minimum Gasteiger partial charge on any atom is -0.311 e. The molecule has 46 valence electrons. The number of hydrogen-bond acceptors (Lipinski definition) is 1. The van der Waals surface area contributed by atoms with Crippen molar-refractivity contribution in [3.8, 4) is 0 Å². The molecule has 0 spiro atoms. The molecule has 1 nitrogen and oxygen atoms in total. The van der Waals surface area contributed by atoms with Crippen molar-refractivity contribution in [2.45, 2.75) is 38.8 Å². The van der Waals surface area contributed by atoms with E-state index < -0.39 is 0 Å². The van der Waals surface area contributed by atoms with E-state index in [9.17, 15) is 0 Å². The topological polar surface area (TPSA) is 12.0 Å². The first-order valence-electron chi connectivity index (χ1n) is 3.47. The normalized spacial score (nSPS) is 60.8. The Bertz CT molecular complexity index is 122. The molecule has 1 N–H and O–H groups in total. The van der Waals surface area contributed by atoms with Crippen LogP contribution in [0.25, 0.3) is 0 Å². The van der Waals surface area contributed by atoms with Gasteiger partial charge in [0.25, 0.3) is 0 Å². The summed E-state index contributed by atoms with van der Waals surface area (Å²) in [6.45, 7) is 4.66. The van der Waals surface area contributed by atoms with E-state index in [2.05, 4.69) is 19.2 Å². The lowest BCUT2D eigenvalue weighted by Crippen LogP contribution is -2.21. The first kappa shape index (κ1) is 4.80. The van der Waals surface area contributed by atoms with Crippen LogP contribution in [-0.4, -0.2) is 12.1 Å². The minimum absolute atomic E-state index is 0.722.